The molecule has 0 bridgehead atoms. The highest BCUT2D eigenvalue weighted by Gasteiger charge is 2.07. The molecule has 5 nitrogen and oxygen atoms in total. The number of nitrogens with zero attached hydrogens (tertiary/aromatic N) is 1. The minimum Gasteiger partial charge on any atom is -0.487 e. The Morgan fingerprint density at radius 1 is 0.889 bits per heavy atom. The van der Waals surface area contributed by atoms with E-state index >= 15 is 0 Å². The monoisotopic (exact) mass is 420 g/mol. The average Bonchev–Trinajstić information content (AvgIpc) is 2.61. The summed E-state index contributed by atoms with van der Waals surface area (Å²) in [4.78, 5) is 13.8. The molecule has 0 aliphatic carbocycles. The van der Waals surface area contributed by atoms with Crippen LogP contribution in [0, 0.1) is 0 Å². The van der Waals surface area contributed by atoms with E-state index in [1.807, 2.05) is 18.7 Å². The average molecular weight is 421 g/mol. The molecule has 0 saturated carbocycles. The summed E-state index contributed by atoms with van der Waals surface area (Å²) in [7, 11) is 0. The van der Waals surface area contributed by atoms with E-state index in [0.29, 0.717) is 30.4 Å². The van der Waals surface area contributed by atoms with E-state index in [-0.39, 0.29) is 0 Å². The number of unbranched alkanes of at least 4 members (excludes halogenated alkanes) is 8. The zero-order valence-corrected chi connectivity index (χ0v) is 19.1. The molecule has 0 spiro atoms. The van der Waals surface area contributed by atoms with E-state index < -0.39 is 5.17 Å². The van der Waals surface area contributed by atoms with Gasteiger partial charge in [0.25, 0.3) is 10.3 Å². The predicted octanol–water partition coefficient (Wildman–Crippen LogP) is 5.30. The summed E-state index contributed by atoms with van der Waals surface area (Å²) >= 11 is 9.06. The first-order chi connectivity index (χ1) is 12.9. The Balaban J connectivity index is 0. The number of carbonyl (C=O) groups excluding carboxylic acids is 1. The summed E-state index contributed by atoms with van der Waals surface area (Å²) in [6, 6.07) is 0. The van der Waals surface area contributed by atoms with Crippen LogP contribution in [0.2, 0.25) is 0 Å². The maximum Gasteiger partial charge on any atom is 0.259 e. The van der Waals surface area contributed by atoms with Crippen molar-refractivity contribution in [1.82, 2.24) is 4.90 Å². The molecule has 0 saturated heterocycles. The Hall–Kier alpha value is -0.950. The number of hydrogen-bond acceptors (Lipinski definition) is 4. The zero-order valence-electron chi connectivity index (χ0n) is 17.5. The normalized spacial score (nSPS) is 9.89. The summed E-state index contributed by atoms with van der Waals surface area (Å²) in [5, 5.41) is 7.58. The molecule has 0 radical (unpaired) electrons. The van der Waals surface area contributed by atoms with Crippen LogP contribution in [0.25, 0.3) is 0 Å². The second kappa shape index (κ2) is 21.4. The number of aliphatic hydroxyl groups excluding tert-OH is 1. The number of Topliss-reactive ketones (excluding diaryl/α,β-unsaturated/α-hetero) is 1. The van der Waals surface area contributed by atoms with Crippen molar-refractivity contribution < 1.29 is 14.6 Å². The minimum absolute atomic E-state index is 0.301. The highest BCUT2D eigenvalue weighted by Crippen LogP contribution is 2.11. The van der Waals surface area contributed by atoms with Crippen LogP contribution in [0.3, 0.4) is 0 Å². The quantitative estimate of drug-likeness (QED) is 0.275. The Kier molecular flexibility index (Phi) is 22.3. The van der Waals surface area contributed by atoms with Crippen LogP contribution in [-0.4, -0.2) is 45.8 Å². The molecule has 0 unspecified atom stereocenters. The fourth-order valence-electron chi connectivity index (χ4n) is 2.58. The maximum absolute atomic E-state index is 11.8. The lowest BCUT2D eigenvalue weighted by Crippen LogP contribution is -2.31. The van der Waals surface area contributed by atoms with Gasteiger partial charge in [0.1, 0.15) is 5.78 Å². The minimum atomic E-state index is -0.500. The number of aliphatic hydroxyl groups is 1. The van der Waals surface area contributed by atoms with Crippen molar-refractivity contribution in [3.05, 3.63) is 0 Å². The maximum atomic E-state index is 11.8. The lowest BCUT2D eigenvalue weighted by molar-refractivity contribution is -0.119. The zero-order chi connectivity index (χ0) is 20.9. The van der Waals surface area contributed by atoms with E-state index in [1.165, 1.54) is 51.4 Å². The molecule has 0 rings (SSSR count). The van der Waals surface area contributed by atoms with E-state index in [9.17, 15) is 4.79 Å². The highest BCUT2D eigenvalue weighted by molar-refractivity contribution is 7.80. The Bertz CT molecular complexity index is 385. The molecular formula is C20H40N2O3S2. The van der Waals surface area contributed by atoms with Gasteiger partial charge in [-0.1, -0.05) is 58.3 Å². The van der Waals surface area contributed by atoms with Crippen LogP contribution in [0.4, 0.5) is 0 Å². The molecule has 7 heteroatoms. The first-order valence-corrected chi connectivity index (χ1v) is 11.1. The van der Waals surface area contributed by atoms with Gasteiger partial charge in [-0.3, -0.25) is 4.79 Å². The van der Waals surface area contributed by atoms with Crippen molar-refractivity contribution in [3.63, 3.8) is 0 Å². The summed E-state index contributed by atoms with van der Waals surface area (Å²) in [5.41, 5.74) is 4.40. The molecule has 160 valence electrons. The Morgan fingerprint density at radius 2 is 1.33 bits per heavy atom. The van der Waals surface area contributed by atoms with Crippen molar-refractivity contribution >= 4 is 40.6 Å². The van der Waals surface area contributed by atoms with Gasteiger partial charge in [0, 0.05) is 25.9 Å². The van der Waals surface area contributed by atoms with E-state index in [2.05, 4.69) is 24.9 Å². The third-order valence-electron chi connectivity index (χ3n) is 4.19. The largest absolute Gasteiger partial charge is 0.487 e. The van der Waals surface area contributed by atoms with Crippen molar-refractivity contribution in [3.8, 4) is 0 Å². The Labute approximate surface area is 177 Å². The number of ketones is 1. The van der Waals surface area contributed by atoms with Gasteiger partial charge in [-0.05, 0) is 44.7 Å². The van der Waals surface area contributed by atoms with E-state index in [1.54, 1.807) is 0 Å². The molecule has 0 atom stereocenters. The van der Waals surface area contributed by atoms with Gasteiger partial charge in [-0.2, -0.15) is 0 Å². The van der Waals surface area contributed by atoms with Crippen LogP contribution in [0.5, 0.6) is 0 Å². The van der Waals surface area contributed by atoms with E-state index in [0.717, 1.165) is 19.5 Å². The second-order valence-corrected chi connectivity index (χ2v) is 7.26. The lowest BCUT2D eigenvalue weighted by atomic mass is 10.0. The molecule has 0 aliphatic heterocycles. The third kappa shape index (κ3) is 23.0. The van der Waals surface area contributed by atoms with Gasteiger partial charge >= 0.3 is 0 Å². The summed E-state index contributed by atoms with van der Waals surface area (Å²) in [6.07, 6.45) is 12.7. The van der Waals surface area contributed by atoms with Crippen LogP contribution in [0.15, 0.2) is 0 Å². The van der Waals surface area contributed by atoms with Gasteiger partial charge in [-0.25, -0.2) is 0 Å². The van der Waals surface area contributed by atoms with Crippen LogP contribution in [-0.2, 0) is 9.53 Å². The Morgan fingerprint density at radius 3 is 1.78 bits per heavy atom. The molecular weight excluding hydrogens is 380 g/mol. The standard InChI is InChI=1S/C19H37NO2S.CH3NOS/c1-4-7-8-9-10-11-12-13-14-15-18(21)16-17-22-19(23)20(5-2)6-3;2-1(3)4/h4-17H2,1-3H3;(H3,2,3,4). The topological polar surface area (TPSA) is 75.8 Å². The number of thiocarbonyl (C=S) groups is 2. The SMILES string of the molecule is CCCCCCCCCCCC(=O)CCOC(=S)N(CC)CC.NC(O)=S. The summed E-state index contributed by atoms with van der Waals surface area (Å²) < 4.78 is 5.48. The van der Waals surface area contributed by atoms with Gasteiger partial charge < -0.3 is 20.5 Å². The van der Waals surface area contributed by atoms with Gasteiger partial charge in [0.05, 0.1) is 6.61 Å². The van der Waals surface area contributed by atoms with Crippen LogP contribution < -0.4 is 5.73 Å². The first kappa shape index (κ1) is 28.3. The number of carbonyl (C=O) groups is 1. The van der Waals surface area contributed by atoms with Crippen molar-refractivity contribution in [2.75, 3.05) is 19.7 Å². The van der Waals surface area contributed by atoms with E-state index in [4.69, 9.17) is 22.1 Å². The molecule has 0 fully saturated rings. The van der Waals surface area contributed by atoms with Gasteiger partial charge in [-0.15, -0.1) is 0 Å². The van der Waals surface area contributed by atoms with Crippen LogP contribution >= 0.6 is 24.4 Å². The third-order valence-corrected chi connectivity index (χ3v) is 4.56. The predicted molar refractivity (Wildman–Crippen MR) is 122 cm³/mol. The fraction of sp³-hybridized carbons (Fsp3) is 0.850. The van der Waals surface area contributed by atoms with Crippen molar-refractivity contribution in [2.45, 2.75) is 91.4 Å². The number of hydrogen-bond donors (Lipinski definition) is 2. The smallest absolute Gasteiger partial charge is 0.259 e. The lowest BCUT2D eigenvalue weighted by Gasteiger charge is -2.21. The molecule has 0 aromatic carbocycles. The van der Waals surface area contributed by atoms with Gasteiger partial charge in [0.15, 0.2) is 0 Å². The van der Waals surface area contributed by atoms with Crippen molar-refractivity contribution in [2.24, 2.45) is 5.73 Å². The molecule has 0 amide bonds. The molecule has 0 aliphatic rings. The fourth-order valence-corrected chi connectivity index (χ4v) is 2.92. The second-order valence-electron chi connectivity index (χ2n) is 6.49. The molecule has 0 aromatic rings. The van der Waals surface area contributed by atoms with Gasteiger partial charge in [0.2, 0.25) is 0 Å². The molecule has 27 heavy (non-hydrogen) atoms. The highest BCUT2D eigenvalue weighted by atomic mass is 32.1. The van der Waals surface area contributed by atoms with Crippen LogP contribution in [0.1, 0.15) is 91.4 Å². The summed E-state index contributed by atoms with van der Waals surface area (Å²) in [6.45, 7) is 8.47. The first-order valence-electron chi connectivity index (χ1n) is 10.3. The number of ether oxygens (including phenoxy) is 1. The molecule has 0 aromatic heterocycles. The summed E-state index contributed by atoms with van der Waals surface area (Å²) in [5.74, 6) is 0.301. The number of rotatable bonds is 15. The van der Waals surface area contributed by atoms with Crippen molar-refractivity contribution in [1.29, 1.82) is 0 Å². The number of nitrogens with two attached hydrogens (primary N) is 1. The molecule has 0 heterocycles. The molecule has 3 N–H and O–H groups in total.